The molecule has 1 aromatic heterocycles. The van der Waals surface area contributed by atoms with Crippen LogP contribution in [0.5, 0.6) is 0 Å². The SMILES string of the molecule is CS(=O)(=O)c1ccc(-n2cnnn2)cc1C(=O)O. The molecule has 8 nitrogen and oxygen atoms in total. The highest BCUT2D eigenvalue weighted by molar-refractivity contribution is 7.90. The van der Waals surface area contributed by atoms with Gasteiger partial charge >= 0.3 is 5.97 Å². The number of aromatic carboxylic acids is 1. The normalized spacial score (nSPS) is 11.4. The molecule has 0 unspecified atom stereocenters. The fourth-order valence-corrected chi connectivity index (χ4v) is 2.29. The smallest absolute Gasteiger partial charge is 0.337 e. The molecule has 0 atom stereocenters. The number of hydrogen-bond donors (Lipinski definition) is 1. The Morgan fingerprint density at radius 3 is 2.61 bits per heavy atom. The molecule has 1 heterocycles. The van der Waals surface area contributed by atoms with Gasteiger partial charge in [0, 0.05) is 6.26 Å². The van der Waals surface area contributed by atoms with Crippen molar-refractivity contribution in [1.82, 2.24) is 20.2 Å². The van der Waals surface area contributed by atoms with Crippen molar-refractivity contribution < 1.29 is 18.3 Å². The number of benzene rings is 1. The van der Waals surface area contributed by atoms with E-state index in [4.69, 9.17) is 5.11 Å². The van der Waals surface area contributed by atoms with Crippen LogP contribution in [0, 0.1) is 0 Å². The zero-order valence-electron chi connectivity index (χ0n) is 9.18. The van der Waals surface area contributed by atoms with Crippen LogP contribution < -0.4 is 0 Å². The molecule has 0 radical (unpaired) electrons. The Hall–Kier alpha value is -2.29. The molecule has 0 aliphatic heterocycles. The third-order valence-corrected chi connectivity index (χ3v) is 3.36. The van der Waals surface area contributed by atoms with Crippen LogP contribution in [0.3, 0.4) is 0 Å². The molecule has 1 aromatic carbocycles. The number of aromatic nitrogens is 4. The van der Waals surface area contributed by atoms with E-state index >= 15 is 0 Å². The number of carboxylic acids is 1. The average Bonchev–Trinajstić information content (AvgIpc) is 2.80. The Bertz CT molecular complexity index is 693. The molecular weight excluding hydrogens is 260 g/mol. The zero-order valence-corrected chi connectivity index (χ0v) is 9.99. The summed E-state index contributed by atoms with van der Waals surface area (Å²) in [6.45, 7) is 0. The molecule has 2 aromatic rings. The maximum Gasteiger partial charge on any atom is 0.337 e. The lowest BCUT2D eigenvalue weighted by atomic mass is 10.2. The first-order valence-electron chi connectivity index (χ1n) is 4.70. The van der Waals surface area contributed by atoms with E-state index in [1.807, 2.05) is 0 Å². The van der Waals surface area contributed by atoms with Crippen molar-refractivity contribution in [3.05, 3.63) is 30.1 Å². The van der Waals surface area contributed by atoms with Crippen LogP contribution in [-0.4, -0.2) is 46.0 Å². The summed E-state index contributed by atoms with van der Waals surface area (Å²) < 4.78 is 24.1. The molecule has 0 bridgehead atoms. The number of sulfone groups is 1. The summed E-state index contributed by atoms with van der Waals surface area (Å²) in [4.78, 5) is 10.8. The second-order valence-electron chi connectivity index (χ2n) is 3.51. The summed E-state index contributed by atoms with van der Waals surface area (Å²) >= 11 is 0. The van der Waals surface area contributed by atoms with Crippen molar-refractivity contribution in [3.63, 3.8) is 0 Å². The molecule has 18 heavy (non-hydrogen) atoms. The number of hydrogen-bond acceptors (Lipinski definition) is 6. The second kappa shape index (κ2) is 4.18. The van der Waals surface area contributed by atoms with E-state index < -0.39 is 15.8 Å². The number of rotatable bonds is 3. The predicted octanol–water partition coefficient (Wildman–Crippen LogP) is -0.236. The fraction of sp³-hybridized carbons (Fsp3) is 0.111. The van der Waals surface area contributed by atoms with E-state index in [1.165, 1.54) is 29.2 Å². The Morgan fingerprint density at radius 2 is 2.11 bits per heavy atom. The minimum Gasteiger partial charge on any atom is -0.478 e. The number of carboxylic acid groups (broad SMARTS) is 1. The van der Waals surface area contributed by atoms with Crippen LogP contribution in [-0.2, 0) is 9.84 Å². The van der Waals surface area contributed by atoms with Gasteiger partial charge in [0.2, 0.25) is 0 Å². The molecule has 1 N–H and O–H groups in total. The molecule has 0 saturated carbocycles. The van der Waals surface area contributed by atoms with Gasteiger partial charge in [-0.1, -0.05) is 0 Å². The zero-order chi connectivity index (χ0) is 13.3. The summed E-state index contributed by atoms with van der Waals surface area (Å²) in [6.07, 6.45) is 2.23. The first-order chi connectivity index (χ1) is 8.39. The summed E-state index contributed by atoms with van der Waals surface area (Å²) in [5.41, 5.74) is 0.0512. The summed E-state index contributed by atoms with van der Waals surface area (Å²) in [6, 6.07) is 3.85. The molecule has 94 valence electrons. The fourth-order valence-electron chi connectivity index (χ4n) is 1.43. The Labute approximate surface area is 102 Å². The van der Waals surface area contributed by atoms with Crippen molar-refractivity contribution in [1.29, 1.82) is 0 Å². The summed E-state index contributed by atoms with van der Waals surface area (Å²) in [7, 11) is -3.61. The highest BCUT2D eigenvalue weighted by Crippen LogP contribution is 2.19. The van der Waals surface area contributed by atoms with Gasteiger partial charge in [-0.2, -0.15) is 0 Å². The molecule has 0 aliphatic carbocycles. The standard InChI is InChI=1S/C9H8N4O4S/c1-18(16,17)8-3-2-6(4-7(8)9(14)15)13-5-10-11-12-13/h2-5H,1H3,(H,14,15). The monoisotopic (exact) mass is 268 g/mol. The lowest BCUT2D eigenvalue weighted by Gasteiger charge is -2.06. The van der Waals surface area contributed by atoms with E-state index in [0.29, 0.717) is 5.69 Å². The topological polar surface area (TPSA) is 115 Å². The van der Waals surface area contributed by atoms with Gasteiger partial charge in [0.1, 0.15) is 6.33 Å². The molecule has 0 aliphatic rings. The maximum atomic E-state index is 11.4. The minimum atomic E-state index is -3.61. The molecule has 0 amide bonds. The van der Waals surface area contributed by atoms with Gasteiger partial charge in [-0.3, -0.25) is 0 Å². The Balaban J connectivity index is 2.65. The highest BCUT2D eigenvalue weighted by atomic mass is 32.2. The second-order valence-corrected chi connectivity index (χ2v) is 5.50. The van der Waals surface area contributed by atoms with Gasteiger partial charge in [-0.05, 0) is 28.6 Å². The van der Waals surface area contributed by atoms with Crippen molar-refractivity contribution in [2.75, 3.05) is 6.26 Å². The van der Waals surface area contributed by atoms with Crippen molar-refractivity contribution in [3.8, 4) is 5.69 Å². The van der Waals surface area contributed by atoms with Gasteiger partial charge in [-0.25, -0.2) is 17.9 Å². The van der Waals surface area contributed by atoms with Gasteiger partial charge in [0.05, 0.1) is 16.1 Å². The van der Waals surface area contributed by atoms with Gasteiger partial charge in [0.15, 0.2) is 9.84 Å². The largest absolute Gasteiger partial charge is 0.478 e. The van der Waals surface area contributed by atoms with Crippen LogP contribution in [0.25, 0.3) is 5.69 Å². The molecule has 0 spiro atoms. The van der Waals surface area contributed by atoms with E-state index in [9.17, 15) is 13.2 Å². The van der Waals surface area contributed by atoms with E-state index in [-0.39, 0.29) is 10.5 Å². The van der Waals surface area contributed by atoms with Crippen molar-refractivity contribution >= 4 is 15.8 Å². The lowest BCUT2D eigenvalue weighted by molar-refractivity contribution is 0.0692. The van der Waals surface area contributed by atoms with Crippen LogP contribution in [0.4, 0.5) is 0 Å². The first-order valence-corrected chi connectivity index (χ1v) is 6.59. The molecular formula is C9H8N4O4S. The molecule has 2 rings (SSSR count). The lowest BCUT2D eigenvalue weighted by Crippen LogP contribution is -2.09. The van der Waals surface area contributed by atoms with Crippen LogP contribution in [0.1, 0.15) is 10.4 Å². The van der Waals surface area contributed by atoms with Crippen molar-refractivity contribution in [2.24, 2.45) is 0 Å². The van der Waals surface area contributed by atoms with Crippen molar-refractivity contribution in [2.45, 2.75) is 4.90 Å². The predicted molar refractivity (Wildman–Crippen MR) is 59.2 cm³/mol. The number of tetrazole rings is 1. The van der Waals surface area contributed by atoms with E-state index in [0.717, 1.165) is 6.26 Å². The average molecular weight is 268 g/mol. The van der Waals surface area contributed by atoms with Crippen LogP contribution in [0.2, 0.25) is 0 Å². The van der Waals surface area contributed by atoms with Gasteiger partial charge < -0.3 is 5.11 Å². The molecule has 0 saturated heterocycles. The third kappa shape index (κ3) is 2.20. The Kier molecular flexibility index (Phi) is 2.83. The Morgan fingerprint density at radius 1 is 1.39 bits per heavy atom. The summed E-state index contributed by atoms with van der Waals surface area (Å²) in [5.74, 6) is -1.33. The van der Waals surface area contributed by atoms with Crippen LogP contribution in [0.15, 0.2) is 29.4 Å². The van der Waals surface area contributed by atoms with E-state index in [1.54, 1.807) is 0 Å². The maximum absolute atomic E-state index is 11.4. The van der Waals surface area contributed by atoms with E-state index in [2.05, 4.69) is 15.5 Å². The van der Waals surface area contributed by atoms with Crippen LogP contribution >= 0.6 is 0 Å². The highest BCUT2D eigenvalue weighted by Gasteiger charge is 2.19. The summed E-state index contributed by atoms with van der Waals surface area (Å²) in [5, 5.41) is 19.4. The molecule has 9 heteroatoms. The molecule has 0 fully saturated rings. The quantitative estimate of drug-likeness (QED) is 0.816. The first kappa shape index (κ1) is 12.2. The van der Waals surface area contributed by atoms with Gasteiger partial charge in [-0.15, -0.1) is 5.10 Å². The van der Waals surface area contributed by atoms with Gasteiger partial charge in [0.25, 0.3) is 0 Å². The third-order valence-electron chi connectivity index (χ3n) is 2.21. The number of nitrogens with zero attached hydrogens (tertiary/aromatic N) is 4. The minimum absolute atomic E-state index is 0.244. The number of carbonyl (C=O) groups is 1.